The molecule has 0 N–H and O–H groups in total. The summed E-state index contributed by atoms with van der Waals surface area (Å²) in [4.78, 5) is 4.13. The number of rotatable bonds is 8. The highest BCUT2D eigenvalue weighted by Crippen LogP contribution is 2.31. The molecule has 0 amide bonds. The summed E-state index contributed by atoms with van der Waals surface area (Å²) in [5.41, 5.74) is 1.04. The highest BCUT2D eigenvalue weighted by atomic mass is 35.5. The average Bonchev–Trinajstić information content (AvgIpc) is 3.27. The fraction of sp³-hybridized carbons (Fsp3) is 0.348. The number of halogens is 3. The molecule has 0 radical (unpaired) electrons. The molecule has 0 saturated carbocycles. The molecule has 1 aliphatic rings. The molecule has 1 aliphatic heterocycles. The van der Waals surface area contributed by atoms with Crippen LogP contribution >= 0.6 is 34.8 Å². The Morgan fingerprint density at radius 2 is 1.87 bits per heavy atom. The van der Waals surface area contributed by atoms with Crippen LogP contribution in [0.1, 0.15) is 30.9 Å². The molecule has 164 valence electrons. The zero-order valence-corrected chi connectivity index (χ0v) is 19.1. The summed E-state index contributed by atoms with van der Waals surface area (Å²) in [6, 6.07) is 12.9. The minimum atomic E-state index is -0.327. The number of imidazole rings is 1. The van der Waals surface area contributed by atoms with Crippen molar-refractivity contribution in [3.05, 3.63) is 81.8 Å². The molecular formula is C23H23Cl3N2O3. The Morgan fingerprint density at radius 3 is 2.61 bits per heavy atom. The van der Waals surface area contributed by atoms with Crippen molar-refractivity contribution in [2.24, 2.45) is 0 Å². The topological polar surface area (TPSA) is 45.5 Å². The molecule has 2 aromatic carbocycles. The molecule has 0 aliphatic carbocycles. The van der Waals surface area contributed by atoms with Gasteiger partial charge in [0, 0.05) is 22.4 Å². The van der Waals surface area contributed by atoms with Gasteiger partial charge in [0.15, 0.2) is 6.29 Å². The first-order valence-corrected chi connectivity index (χ1v) is 11.3. The highest BCUT2D eigenvalue weighted by Gasteiger charge is 2.27. The van der Waals surface area contributed by atoms with Crippen LogP contribution in [0.25, 0.3) is 0 Å². The molecule has 0 spiro atoms. The first-order valence-electron chi connectivity index (χ1n) is 10.2. The number of hydrogen-bond acceptors (Lipinski definition) is 4. The summed E-state index contributed by atoms with van der Waals surface area (Å²) in [6.07, 6.45) is 7.57. The number of aromatic nitrogens is 2. The van der Waals surface area contributed by atoms with Crippen LogP contribution in [0.15, 0.2) is 61.2 Å². The third kappa shape index (κ3) is 6.37. The molecule has 3 unspecified atom stereocenters. The Balaban J connectivity index is 1.38. The van der Waals surface area contributed by atoms with Crippen molar-refractivity contribution >= 4 is 34.8 Å². The molecule has 31 heavy (non-hydrogen) atoms. The fourth-order valence-corrected chi connectivity index (χ4v) is 4.12. The zero-order chi connectivity index (χ0) is 21.6. The third-order valence-corrected chi connectivity index (χ3v) is 5.90. The summed E-state index contributed by atoms with van der Waals surface area (Å²) in [5, 5.41) is 1.75. The van der Waals surface area contributed by atoms with E-state index in [2.05, 4.69) is 4.98 Å². The number of benzene rings is 2. The molecule has 1 fully saturated rings. The van der Waals surface area contributed by atoms with Crippen molar-refractivity contribution < 1.29 is 14.2 Å². The van der Waals surface area contributed by atoms with Gasteiger partial charge in [-0.25, -0.2) is 4.98 Å². The lowest BCUT2D eigenvalue weighted by molar-refractivity contribution is -0.223. The monoisotopic (exact) mass is 480 g/mol. The minimum absolute atomic E-state index is 0.0791. The molecule has 3 aromatic rings. The SMILES string of the molecule is Clc1ccc(C(Cn2ccnc2)OC2CCCC(COc3ccc(Cl)cc3Cl)O2)cc1. The Morgan fingerprint density at radius 1 is 1.06 bits per heavy atom. The smallest absolute Gasteiger partial charge is 0.159 e. The van der Waals surface area contributed by atoms with E-state index in [0.29, 0.717) is 34.0 Å². The Kier molecular flexibility index (Phi) is 7.75. The maximum Gasteiger partial charge on any atom is 0.159 e. The molecule has 0 bridgehead atoms. The van der Waals surface area contributed by atoms with Crippen LogP contribution in [0.3, 0.4) is 0 Å². The second-order valence-corrected chi connectivity index (χ2v) is 8.72. The molecule has 8 heteroatoms. The van der Waals surface area contributed by atoms with Crippen LogP contribution in [0.2, 0.25) is 15.1 Å². The number of nitrogens with zero attached hydrogens (tertiary/aromatic N) is 2. The number of ether oxygens (including phenoxy) is 3. The molecule has 1 aromatic heterocycles. The van der Waals surface area contributed by atoms with Crippen LogP contribution in [0, 0.1) is 0 Å². The third-order valence-electron chi connectivity index (χ3n) is 5.12. The van der Waals surface area contributed by atoms with Gasteiger partial charge in [0.2, 0.25) is 0 Å². The van der Waals surface area contributed by atoms with Gasteiger partial charge in [-0.15, -0.1) is 0 Å². The van der Waals surface area contributed by atoms with Crippen molar-refractivity contribution in [2.75, 3.05) is 6.61 Å². The molecule has 5 nitrogen and oxygen atoms in total. The van der Waals surface area contributed by atoms with Crippen LogP contribution in [-0.4, -0.2) is 28.6 Å². The van der Waals surface area contributed by atoms with E-state index in [4.69, 9.17) is 49.0 Å². The first-order chi connectivity index (χ1) is 15.1. The summed E-state index contributed by atoms with van der Waals surface area (Å²) < 4.78 is 20.5. The minimum Gasteiger partial charge on any atom is -0.489 e. The Labute approximate surface area is 196 Å². The van der Waals surface area contributed by atoms with Gasteiger partial charge < -0.3 is 18.8 Å². The van der Waals surface area contributed by atoms with Gasteiger partial charge in [0.05, 0.1) is 24.0 Å². The van der Waals surface area contributed by atoms with E-state index >= 15 is 0 Å². The van der Waals surface area contributed by atoms with E-state index in [1.165, 1.54) is 0 Å². The fourth-order valence-electron chi connectivity index (χ4n) is 3.53. The quantitative estimate of drug-likeness (QED) is 0.365. The molecule has 1 saturated heterocycles. The molecular weight excluding hydrogens is 459 g/mol. The maximum atomic E-state index is 6.40. The molecule has 3 atom stereocenters. The van der Waals surface area contributed by atoms with E-state index < -0.39 is 0 Å². The van der Waals surface area contributed by atoms with E-state index in [0.717, 1.165) is 24.8 Å². The second-order valence-electron chi connectivity index (χ2n) is 7.44. The van der Waals surface area contributed by atoms with Gasteiger partial charge in [-0.3, -0.25) is 0 Å². The normalized spacial score (nSPS) is 19.8. The van der Waals surface area contributed by atoms with Gasteiger partial charge in [-0.1, -0.05) is 46.9 Å². The molecule has 2 heterocycles. The summed E-state index contributed by atoms with van der Waals surface area (Å²) in [6.45, 7) is 1.03. The van der Waals surface area contributed by atoms with Gasteiger partial charge in [-0.2, -0.15) is 0 Å². The van der Waals surface area contributed by atoms with E-state index in [1.807, 2.05) is 35.0 Å². The second kappa shape index (κ2) is 10.7. The van der Waals surface area contributed by atoms with E-state index in [1.54, 1.807) is 30.7 Å². The Bertz CT molecular complexity index is 967. The zero-order valence-electron chi connectivity index (χ0n) is 16.8. The van der Waals surface area contributed by atoms with Gasteiger partial charge in [0.25, 0.3) is 0 Å². The average molecular weight is 482 g/mol. The number of hydrogen-bond donors (Lipinski definition) is 0. The van der Waals surface area contributed by atoms with Crippen molar-refractivity contribution in [1.29, 1.82) is 0 Å². The highest BCUT2D eigenvalue weighted by molar-refractivity contribution is 6.35. The van der Waals surface area contributed by atoms with Crippen molar-refractivity contribution in [1.82, 2.24) is 9.55 Å². The van der Waals surface area contributed by atoms with E-state index in [9.17, 15) is 0 Å². The van der Waals surface area contributed by atoms with Gasteiger partial charge in [-0.05, 0) is 55.2 Å². The van der Waals surface area contributed by atoms with Gasteiger partial charge in [0.1, 0.15) is 18.5 Å². The first kappa shape index (κ1) is 22.4. The van der Waals surface area contributed by atoms with Crippen molar-refractivity contribution in [3.63, 3.8) is 0 Å². The predicted octanol–water partition coefficient (Wildman–Crippen LogP) is 6.58. The lowest BCUT2D eigenvalue weighted by Gasteiger charge is -2.33. The summed E-state index contributed by atoms with van der Waals surface area (Å²) in [5.74, 6) is 0.594. The van der Waals surface area contributed by atoms with Crippen LogP contribution in [-0.2, 0) is 16.0 Å². The van der Waals surface area contributed by atoms with Crippen LogP contribution < -0.4 is 4.74 Å². The van der Waals surface area contributed by atoms with Crippen molar-refractivity contribution in [3.8, 4) is 5.75 Å². The predicted molar refractivity (Wildman–Crippen MR) is 122 cm³/mol. The summed E-state index contributed by atoms with van der Waals surface area (Å²) >= 11 is 18.2. The maximum absolute atomic E-state index is 6.40. The summed E-state index contributed by atoms with van der Waals surface area (Å²) in [7, 11) is 0. The largest absolute Gasteiger partial charge is 0.489 e. The standard InChI is InChI=1S/C23H23Cl3N2O3/c24-17-6-4-16(5-7-17)22(13-28-11-10-27-15-28)31-23-3-1-2-19(30-23)14-29-21-9-8-18(25)12-20(21)26/h4-12,15,19,22-23H,1-3,13-14H2. The molecule has 4 rings (SSSR count). The van der Waals surface area contributed by atoms with Crippen molar-refractivity contribution in [2.45, 2.75) is 44.3 Å². The van der Waals surface area contributed by atoms with Crippen LogP contribution in [0.5, 0.6) is 5.75 Å². The Hall–Kier alpha value is -1.76. The lowest BCUT2D eigenvalue weighted by Crippen LogP contribution is -2.35. The lowest BCUT2D eigenvalue weighted by atomic mass is 10.1. The van der Waals surface area contributed by atoms with Gasteiger partial charge >= 0.3 is 0 Å². The van der Waals surface area contributed by atoms with E-state index in [-0.39, 0.29) is 18.5 Å². The van der Waals surface area contributed by atoms with Crippen LogP contribution in [0.4, 0.5) is 0 Å².